The van der Waals surface area contributed by atoms with Crippen LogP contribution in [-0.2, 0) is 4.79 Å². The molecular weight excluding hydrogens is 190 g/mol. The Balaban J connectivity index is 3.06. The number of anilines is 1. The fourth-order valence-corrected chi connectivity index (χ4v) is 1.13. The Kier molecular flexibility index (Phi) is 2.93. The average Bonchev–Trinajstić information content (AvgIpc) is 2.03. The molecule has 1 rings (SSSR count). The molecule has 0 fully saturated rings. The van der Waals surface area contributed by atoms with Crippen LogP contribution in [0.1, 0.15) is 5.56 Å². The van der Waals surface area contributed by atoms with Gasteiger partial charge in [0.2, 0.25) is 0 Å². The van der Waals surface area contributed by atoms with Crippen LogP contribution < -0.4 is 5.73 Å². The van der Waals surface area contributed by atoms with Gasteiger partial charge in [-0.2, -0.15) is 0 Å². The van der Waals surface area contributed by atoms with Crippen LogP contribution in [-0.4, -0.2) is 11.1 Å². The van der Waals surface area contributed by atoms with Crippen molar-refractivity contribution < 1.29 is 9.90 Å². The molecule has 0 aliphatic rings. The Morgan fingerprint density at radius 1 is 1.54 bits per heavy atom. The molecule has 0 aliphatic heterocycles. The summed E-state index contributed by atoms with van der Waals surface area (Å²) in [7, 11) is 0. The van der Waals surface area contributed by atoms with E-state index >= 15 is 0 Å². The van der Waals surface area contributed by atoms with Crippen LogP contribution >= 0.6 is 11.6 Å². The number of carbonyl (C=O) groups is 1. The highest BCUT2D eigenvalue weighted by Crippen LogP contribution is 2.22. The van der Waals surface area contributed by atoms with Gasteiger partial charge in [0.1, 0.15) is 0 Å². The molecule has 1 aromatic carbocycles. The normalized spacial score (nSPS) is 10.5. The van der Waals surface area contributed by atoms with Crippen molar-refractivity contribution in [2.24, 2.45) is 0 Å². The molecule has 0 saturated heterocycles. The molecule has 0 unspecified atom stereocenters. The first-order valence-corrected chi connectivity index (χ1v) is 3.94. The number of nitrogen functional groups attached to an aromatic ring is 1. The van der Waals surface area contributed by atoms with E-state index in [1.54, 1.807) is 18.2 Å². The lowest BCUT2D eigenvalue weighted by molar-refractivity contribution is -0.131. The lowest BCUT2D eigenvalue weighted by atomic mass is 10.1. The Morgan fingerprint density at radius 3 is 2.77 bits per heavy atom. The summed E-state index contributed by atoms with van der Waals surface area (Å²) in [6.07, 6.45) is 2.37. The van der Waals surface area contributed by atoms with Crippen LogP contribution in [0.3, 0.4) is 0 Å². The number of benzene rings is 1. The third-order valence-electron chi connectivity index (χ3n) is 1.48. The van der Waals surface area contributed by atoms with E-state index in [2.05, 4.69) is 0 Å². The summed E-state index contributed by atoms with van der Waals surface area (Å²) >= 11 is 5.79. The van der Waals surface area contributed by atoms with Gasteiger partial charge in [0.15, 0.2) is 0 Å². The quantitative estimate of drug-likeness (QED) is 0.563. The number of carboxylic acid groups (broad SMARTS) is 1. The number of hydrogen-bond donors (Lipinski definition) is 2. The maximum Gasteiger partial charge on any atom is 0.328 e. The predicted molar refractivity (Wildman–Crippen MR) is 52.5 cm³/mol. The SMILES string of the molecule is Nc1cccc(Cl)c1/C=C/C(=O)O. The minimum atomic E-state index is -1.03. The molecule has 0 bridgehead atoms. The zero-order valence-corrected chi connectivity index (χ0v) is 7.45. The van der Waals surface area contributed by atoms with Crippen LogP contribution in [0.25, 0.3) is 6.08 Å². The Morgan fingerprint density at radius 2 is 2.23 bits per heavy atom. The second kappa shape index (κ2) is 3.96. The number of halogens is 1. The Labute approximate surface area is 80.4 Å². The number of carboxylic acids is 1. The molecular formula is C9H8ClNO2. The molecule has 0 saturated carbocycles. The fraction of sp³-hybridized carbons (Fsp3) is 0. The van der Waals surface area contributed by atoms with Gasteiger partial charge >= 0.3 is 5.97 Å². The summed E-state index contributed by atoms with van der Waals surface area (Å²) in [4.78, 5) is 10.2. The topological polar surface area (TPSA) is 63.3 Å². The van der Waals surface area contributed by atoms with E-state index in [9.17, 15) is 4.79 Å². The summed E-state index contributed by atoms with van der Waals surface area (Å²) in [6.45, 7) is 0. The molecule has 0 aromatic heterocycles. The van der Waals surface area contributed by atoms with Gasteiger partial charge in [-0.15, -0.1) is 0 Å². The molecule has 3 N–H and O–H groups in total. The Hall–Kier alpha value is -1.48. The molecule has 0 atom stereocenters. The van der Waals surface area contributed by atoms with E-state index in [0.29, 0.717) is 16.3 Å². The molecule has 0 heterocycles. The largest absolute Gasteiger partial charge is 0.478 e. The molecule has 4 heteroatoms. The number of hydrogen-bond acceptors (Lipinski definition) is 2. The van der Waals surface area contributed by atoms with Gasteiger partial charge in [0.25, 0.3) is 0 Å². The van der Waals surface area contributed by atoms with Crippen molar-refractivity contribution in [3.63, 3.8) is 0 Å². The molecule has 13 heavy (non-hydrogen) atoms. The maximum atomic E-state index is 10.2. The summed E-state index contributed by atoms with van der Waals surface area (Å²) < 4.78 is 0. The number of aliphatic carboxylic acids is 1. The molecule has 0 aliphatic carbocycles. The highest BCUT2D eigenvalue weighted by molar-refractivity contribution is 6.32. The zero-order chi connectivity index (χ0) is 9.84. The van der Waals surface area contributed by atoms with E-state index in [1.807, 2.05) is 0 Å². The maximum absolute atomic E-state index is 10.2. The molecule has 0 spiro atoms. The lowest BCUT2D eigenvalue weighted by Gasteiger charge is -2.01. The van der Waals surface area contributed by atoms with Crippen LogP contribution in [0.5, 0.6) is 0 Å². The van der Waals surface area contributed by atoms with Crippen molar-refractivity contribution in [1.29, 1.82) is 0 Å². The summed E-state index contributed by atoms with van der Waals surface area (Å²) in [5.41, 5.74) is 6.58. The summed E-state index contributed by atoms with van der Waals surface area (Å²) in [5.74, 6) is -1.03. The average molecular weight is 198 g/mol. The highest BCUT2D eigenvalue weighted by atomic mass is 35.5. The van der Waals surface area contributed by atoms with Crippen molar-refractivity contribution in [3.8, 4) is 0 Å². The van der Waals surface area contributed by atoms with Crippen molar-refractivity contribution in [2.45, 2.75) is 0 Å². The highest BCUT2D eigenvalue weighted by Gasteiger charge is 2.00. The summed E-state index contributed by atoms with van der Waals surface area (Å²) in [5, 5.41) is 8.83. The van der Waals surface area contributed by atoms with E-state index in [1.165, 1.54) is 6.08 Å². The molecule has 0 radical (unpaired) electrons. The van der Waals surface area contributed by atoms with Gasteiger partial charge < -0.3 is 10.8 Å². The molecule has 3 nitrogen and oxygen atoms in total. The first-order chi connectivity index (χ1) is 6.11. The second-order valence-electron chi connectivity index (χ2n) is 2.41. The van der Waals surface area contributed by atoms with Gasteiger partial charge in [0, 0.05) is 22.3 Å². The van der Waals surface area contributed by atoms with E-state index in [0.717, 1.165) is 6.08 Å². The first-order valence-electron chi connectivity index (χ1n) is 3.56. The standard InChI is InChI=1S/C9H8ClNO2/c10-7-2-1-3-8(11)6(7)4-5-9(12)13/h1-5H,11H2,(H,12,13)/b5-4+. The van der Waals surface area contributed by atoms with Crippen molar-refractivity contribution in [1.82, 2.24) is 0 Å². The third kappa shape index (κ3) is 2.49. The van der Waals surface area contributed by atoms with Gasteiger partial charge in [-0.1, -0.05) is 17.7 Å². The Bertz CT molecular complexity index is 340. The van der Waals surface area contributed by atoms with E-state index in [-0.39, 0.29) is 0 Å². The lowest BCUT2D eigenvalue weighted by Crippen LogP contribution is -1.91. The van der Waals surface area contributed by atoms with Crippen molar-refractivity contribution in [2.75, 3.05) is 5.73 Å². The fourth-order valence-electron chi connectivity index (χ4n) is 0.884. The monoisotopic (exact) mass is 197 g/mol. The molecule has 1 aromatic rings. The second-order valence-corrected chi connectivity index (χ2v) is 2.82. The first kappa shape index (κ1) is 9.61. The molecule has 68 valence electrons. The third-order valence-corrected chi connectivity index (χ3v) is 1.81. The minimum Gasteiger partial charge on any atom is -0.478 e. The van der Waals surface area contributed by atoms with Crippen LogP contribution in [0, 0.1) is 0 Å². The van der Waals surface area contributed by atoms with Gasteiger partial charge in [-0.3, -0.25) is 0 Å². The van der Waals surface area contributed by atoms with Crippen LogP contribution in [0.4, 0.5) is 5.69 Å². The zero-order valence-electron chi connectivity index (χ0n) is 6.70. The smallest absolute Gasteiger partial charge is 0.328 e. The van der Waals surface area contributed by atoms with E-state index < -0.39 is 5.97 Å². The van der Waals surface area contributed by atoms with Crippen molar-refractivity contribution >= 4 is 29.3 Å². The van der Waals surface area contributed by atoms with Crippen molar-refractivity contribution in [3.05, 3.63) is 34.9 Å². The number of nitrogens with two attached hydrogens (primary N) is 1. The van der Waals surface area contributed by atoms with Gasteiger partial charge in [-0.05, 0) is 18.2 Å². The van der Waals surface area contributed by atoms with E-state index in [4.69, 9.17) is 22.4 Å². The predicted octanol–water partition coefficient (Wildman–Crippen LogP) is 2.02. The van der Waals surface area contributed by atoms with Crippen LogP contribution in [0.15, 0.2) is 24.3 Å². The van der Waals surface area contributed by atoms with Crippen LogP contribution in [0.2, 0.25) is 5.02 Å². The van der Waals surface area contributed by atoms with Gasteiger partial charge in [-0.25, -0.2) is 4.79 Å². The van der Waals surface area contributed by atoms with Gasteiger partial charge in [0.05, 0.1) is 0 Å². The minimum absolute atomic E-state index is 0.442. The summed E-state index contributed by atoms with van der Waals surface area (Å²) in [6, 6.07) is 5.02. The number of rotatable bonds is 2. The molecule has 0 amide bonds.